The maximum absolute atomic E-state index is 12.6. The van der Waals surface area contributed by atoms with Crippen LogP contribution >= 0.6 is 0 Å². The van der Waals surface area contributed by atoms with Crippen LogP contribution in [0.5, 0.6) is 0 Å². The molecule has 0 fully saturated rings. The summed E-state index contributed by atoms with van der Waals surface area (Å²) in [5.41, 5.74) is 9.76. The molecule has 0 atom stereocenters. The Morgan fingerprint density at radius 3 is 2.04 bits per heavy atom. The number of benzene rings is 3. The normalized spacial score (nSPS) is 12.6. The van der Waals surface area contributed by atoms with E-state index in [1.54, 1.807) is 0 Å². The van der Waals surface area contributed by atoms with Crippen molar-refractivity contribution in [2.75, 3.05) is 0 Å². The van der Waals surface area contributed by atoms with E-state index in [4.69, 9.17) is 0 Å². The molecule has 0 bridgehead atoms. The first-order chi connectivity index (χ1) is 13.7. The predicted octanol–water partition coefficient (Wildman–Crippen LogP) is 6.33. The first-order valence-electron chi connectivity index (χ1n) is 10.2. The summed E-state index contributed by atoms with van der Waals surface area (Å²) in [6.45, 7) is 4.31. The molecule has 0 heterocycles. The quantitative estimate of drug-likeness (QED) is 0.466. The third kappa shape index (κ3) is 3.84. The van der Waals surface area contributed by atoms with E-state index in [1.807, 2.05) is 12.1 Å². The highest BCUT2D eigenvalue weighted by atomic mass is 16.1. The average molecular weight is 367 g/mol. The number of hydrogen-bond acceptors (Lipinski definition) is 1. The number of carbonyl (C=O) groups excluding carboxylic acids is 1. The first-order valence-corrected chi connectivity index (χ1v) is 10.2. The zero-order valence-electron chi connectivity index (χ0n) is 16.7. The van der Waals surface area contributed by atoms with Crippen molar-refractivity contribution in [1.82, 2.24) is 0 Å². The molecule has 3 aromatic carbocycles. The predicted molar refractivity (Wildman–Crippen MR) is 118 cm³/mol. The molecule has 1 aliphatic rings. The highest BCUT2D eigenvalue weighted by Crippen LogP contribution is 2.32. The molecule has 140 valence electrons. The molecule has 0 saturated heterocycles. The third-order valence-corrected chi connectivity index (χ3v) is 5.70. The van der Waals surface area contributed by atoms with Gasteiger partial charge in [0.25, 0.3) is 0 Å². The summed E-state index contributed by atoms with van der Waals surface area (Å²) in [5, 5.41) is 0. The average Bonchev–Trinajstić information content (AvgIpc) is 3.17. The lowest BCUT2D eigenvalue weighted by Crippen LogP contribution is -2.04. The molecular weight excluding hydrogens is 340 g/mol. The van der Waals surface area contributed by atoms with Crippen molar-refractivity contribution in [2.45, 2.75) is 39.5 Å². The standard InChI is InChI=1S/C27H26O/c1-3-19-5-10-22(11-6-19)26-17-24-14-9-21(15-25(24)18-26)16-27(28)23-12-7-20(4-2)8-13-23/h5-15,18H,3-4,16-17H2,1-2H3. The molecule has 0 unspecified atom stereocenters. The van der Waals surface area contributed by atoms with Crippen LogP contribution in [0.3, 0.4) is 0 Å². The van der Waals surface area contributed by atoms with E-state index >= 15 is 0 Å². The van der Waals surface area contributed by atoms with E-state index in [1.165, 1.54) is 33.4 Å². The molecule has 1 nitrogen and oxygen atoms in total. The Morgan fingerprint density at radius 2 is 1.39 bits per heavy atom. The number of carbonyl (C=O) groups is 1. The van der Waals surface area contributed by atoms with Gasteiger partial charge >= 0.3 is 0 Å². The van der Waals surface area contributed by atoms with Crippen molar-refractivity contribution in [2.24, 2.45) is 0 Å². The van der Waals surface area contributed by atoms with Gasteiger partial charge in [0.05, 0.1) is 0 Å². The molecule has 0 saturated carbocycles. The SMILES string of the molecule is CCc1ccc(C(=O)Cc2ccc3c(c2)C=C(c2ccc(CC)cc2)C3)cc1. The summed E-state index contributed by atoms with van der Waals surface area (Å²) in [4.78, 5) is 12.6. The number of allylic oxidation sites excluding steroid dienone is 1. The Bertz CT molecular complexity index is 1020. The van der Waals surface area contributed by atoms with Crippen LogP contribution in [0.15, 0.2) is 66.7 Å². The molecular formula is C27H26O. The summed E-state index contributed by atoms with van der Waals surface area (Å²) in [6, 6.07) is 23.3. The van der Waals surface area contributed by atoms with Crippen molar-refractivity contribution < 1.29 is 4.79 Å². The number of rotatable bonds is 6. The van der Waals surface area contributed by atoms with Gasteiger partial charge in [0.2, 0.25) is 0 Å². The van der Waals surface area contributed by atoms with Gasteiger partial charge < -0.3 is 0 Å². The van der Waals surface area contributed by atoms with Crippen LogP contribution in [0.1, 0.15) is 57.6 Å². The number of hydrogen-bond donors (Lipinski definition) is 0. The summed E-state index contributed by atoms with van der Waals surface area (Å²) in [7, 11) is 0. The highest BCUT2D eigenvalue weighted by molar-refractivity contribution is 5.98. The van der Waals surface area contributed by atoms with E-state index in [-0.39, 0.29) is 5.78 Å². The van der Waals surface area contributed by atoms with Crippen molar-refractivity contribution in [3.8, 4) is 0 Å². The molecule has 0 N–H and O–H groups in total. The van der Waals surface area contributed by atoms with Gasteiger partial charge in [0, 0.05) is 12.0 Å². The zero-order chi connectivity index (χ0) is 19.5. The first kappa shape index (κ1) is 18.4. The fourth-order valence-corrected chi connectivity index (χ4v) is 3.85. The molecule has 0 spiro atoms. The smallest absolute Gasteiger partial charge is 0.167 e. The van der Waals surface area contributed by atoms with Crippen LogP contribution in [-0.4, -0.2) is 5.78 Å². The molecule has 1 aliphatic carbocycles. The van der Waals surface area contributed by atoms with Crippen molar-refractivity contribution in [3.63, 3.8) is 0 Å². The highest BCUT2D eigenvalue weighted by Gasteiger charge is 2.16. The summed E-state index contributed by atoms with van der Waals surface area (Å²) in [6.07, 6.45) is 5.76. The lowest BCUT2D eigenvalue weighted by atomic mass is 9.98. The molecule has 0 radical (unpaired) electrons. The van der Waals surface area contributed by atoms with Gasteiger partial charge in [-0.15, -0.1) is 0 Å². The second-order valence-electron chi connectivity index (χ2n) is 7.58. The maximum Gasteiger partial charge on any atom is 0.167 e. The van der Waals surface area contributed by atoms with Gasteiger partial charge in [-0.05, 0) is 58.2 Å². The molecule has 0 aromatic heterocycles. The Hall–Kier alpha value is -2.93. The number of ketones is 1. The van der Waals surface area contributed by atoms with E-state index in [0.717, 1.165) is 30.4 Å². The second kappa shape index (κ2) is 7.98. The largest absolute Gasteiger partial charge is 0.294 e. The van der Waals surface area contributed by atoms with Crippen LogP contribution in [0.25, 0.3) is 11.6 Å². The van der Waals surface area contributed by atoms with Crippen molar-refractivity contribution in [3.05, 3.63) is 106 Å². The fraction of sp³-hybridized carbons (Fsp3) is 0.222. The lowest BCUT2D eigenvalue weighted by molar-refractivity contribution is 0.0993. The van der Waals surface area contributed by atoms with Gasteiger partial charge in [-0.25, -0.2) is 0 Å². The van der Waals surface area contributed by atoms with Gasteiger partial charge in [0.15, 0.2) is 5.78 Å². The minimum Gasteiger partial charge on any atom is -0.294 e. The Balaban J connectivity index is 1.51. The molecule has 28 heavy (non-hydrogen) atoms. The van der Waals surface area contributed by atoms with E-state index in [2.05, 4.69) is 74.5 Å². The van der Waals surface area contributed by atoms with Gasteiger partial charge in [-0.1, -0.05) is 86.7 Å². The van der Waals surface area contributed by atoms with Crippen LogP contribution in [0.2, 0.25) is 0 Å². The summed E-state index contributed by atoms with van der Waals surface area (Å²) >= 11 is 0. The number of Topliss-reactive ketones (excluding diaryl/α,β-unsaturated/α-hetero) is 1. The summed E-state index contributed by atoms with van der Waals surface area (Å²) in [5.74, 6) is 0.181. The van der Waals surface area contributed by atoms with Crippen LogP contribution in [0.4, 0.5) is 0 Å². The minimum absolute atomic E-state index is 0.181. The van der Waals surface area contributed by atoms with Crippen molar-refractivity contribution in [1.29, 1.82) is 0 Å². The fourth-order valence-electron chi connectivity index (χ4n) is 3.85. The van der Waals surface area contributed by atoms with Crippen LogP contribution in [-0.2, 0) is 25.7 Å². The Kier molecular flexibility index (Phi) is 5.25. The topological polar surface area (TPSA) is 17.1 Å². The minimum atomic E-state index is 0.181. The van der Waals surface area contributed by atoms with Crippen LogP contribution in [0, 0.1) is 0 Å². The van der Waals surface area contributed by atoms with Gasteiger partial charge in [-0.2, -0.15) is 0 Å². The van der Waals surface area contributed by atoms with Crippen molar-refractivity contribution >= 4 is 17.4 Å². The lowest BCUT2D eigenvalue weighted by Gasteiger charge is -2.06. The molecule has 4 rings (SSSR count). The second-order valence-corrected chi connectivity index (χ2v) is 7.58. The monoisotopic (exact) mass is 366 g/mol. The van der Waals surface area contributed by atoms with E-state index in [0.29, 0.717) is 6.42 Å². The van der Waals surface area contributed by atoms with E-state index < -0.39 is 0 Å². The van der Waals surface area contributed by atoms with E-state index in [9.17, 15) is 4.79 Å². The van der Waals surface area contributed by atoms with Gasteiger partial charge in [-0.3, -0.25) is 4.79 Å². The number of fused-ring (bicyclic) bond motifs is 1. The molecule has 1 heteroatoms. The molecule has 0 aliphatic heterocycles. The Morgan fingerprint density at radius 1 is 0.786 bits per heavy atom. The summed E-state index contributed by atoms with van der Waals surface area (Å²) < 4.78 is 0. The molecule has 0 amide bonds. The van der Waals surface area contributed by atoms with Crippen LogP contribution < -0.4 is 0 Å². The number of aryl methyl sites for hydroxylation is 2. The zero-order valence-corrected chi connectivity index (χ0v) is 16.7. The third-order valence-electron chi connectivity index (χ3n) is 5.70. The maximum atomic E-state index is 12.6. The Labute approximate surface area is 167 Å². The molecule has 3 aromatic rings. The van der Waals surface area contributed by atoms with Gasteiger partial charge in [0.1, 0.15) is 0 Å².